The number of carbonyl (C=O) groups excluding carboxylic acids is 1. The summed E-state index contributed by atoms with van der Waals surface area (Å²) in [4.78, 5) is 26.1. The number of anilines is 1. The number of hydrogen-bond acceptors (Lipinski definition) is 3. The number of aromatic nitrogens is 3. The van der Waals surface area contributed by atoms with Crippen LogP contribution in [0.1, 0.15) is 10.5 Å². The molecule has 21 heavy (non-hydrogen) atoms. The number of nitrogens with zero attached hydrogens (tertiary/aromatic N) is 1. The van der Waals surface area contributed by atoms with Crippen LogP contribution in [0.4, 0.5) is 5.69 Å². The Morgan fingerprint density at radius 2 is 2.05 bits per heavy atom. The fourth-order valence-corrected chi connectivity index (χ4v) is 2.37. The van der Waals surface area contributed by atoms with Gasteiger partial charge in [0.1, 0.15) is 10.8 Å². The molecular formula is C13H8Cl2N4O2. The minimum atomic E-state index is -0.514. The molecule has 106 valence electrons. The van der Waals surface area contributed by atoms with Gasteiger partial charge in [-0.25, -0.2) is 0 Å². The van der Waals surface area contributed by atoms with Crippen LogP contribution < -0.4 is 10.7 Å². The lowest BCUT2D eigenvalue weighted by Gasteiger charge is -2.08. The summed E-state index contributed by atoms with van der Waals surface area (Å²) in [6, 6.07) is 5.72. The van der Waals surface area contributed by atoms with Gasteiger partial charge in [0.05, 0.1) is 22.4 Å². The zero-order valence-electron chi connectivity index (χ0n) is 10.4. The van der Waals surface area contributed by atoms with Gasteiger partial charge >= 0.3 is 0 Å². The van der Waals surface area contributed by atoms with E-state index in [0.717, 1.165) is 11.6 Å². The fourth-order valence-electron chi connectivity index (χ4n) is 1.90. The molecule has 0 saturated heterocycles. The summed E-state index contributed by atoms with van der Waals surface area (Å²) in [5.41, 5.74) is 0.863. The molecule has 0 spiro atoms. The van der Waals surface area contributed by atoms with Crippen molar-refractivity contribution in [3.8, 4) is 0 Å². The molecule has 1 amide bonds. The zero-order chi connectivity index (χ0) is 15.0. The van der Waals surface area contributed by atoms with Crippen LogP contribution in [0.3, 0.4) is 0 Å². The van der Waals surface area contributed by atoms with E-state index in [9.17, 15) is 9.59 Å². The van der Waals surface area contributed by atoms with Gasteiger partial charge in [-0.05, 0) is 12.1 Å². The largest absolute Gasteiger partial charge is 0.341 e. The van der Waals surface area contributed by atoms with Crippen LogP contribution in [0.15, 0.2) is 35.3 Å². The van der Waals surface area contributed by atoms with Gasteiger partial charge in [-0.3, -0.25) is 14.7 Å². The highest BCUT2D eigenvalue weighted by Gasteiger charge is 2.12. The van der Waals surface area contributed by atoms with Crippen molar-refractivity contribution in [1.82, 2.24) is 15.2 Å². The lowest BCUT2D eigenvalue weighted by molar-refractivity contribution is 0.102. The van der Waals surface area contributed by atoms with Crippen molar-refractivity contribution in [2.75, 3.05) is 5.32 Å². The topological polar surface area (TPSA) is 90.6 Å². The number of benzene rings is 1. The minimum Gasteiger partial charge on any atom is -0.341 e. The van der Waals surface area contributed by atoms with Gasteiger partial charge in [-0.2, -0.15) is 5.10 Å². The van der Waals surface area contributed by atoms with E-state index in [-0.39, 0.29) is 16.3 Å². The van der Waals surface area contributed by atoms with Crippen molar-refractivity contribution >= 4 is 45.7 Å². The van der Waals surface area contributed by atoms with Gasteiger partial charge in [0.2, 0.25) is 0 Å². The van der Waals surface area contributed by atoms with E-state index in [1.165, 1.54) is 6.07 Å². The minimum absolute atomic E-state index is 0.0517. The highest BCUT2D eigenvalue weighted by Crippen LogP contribution is 2.30. The molecule has 0 aliphatic rings. The Bertz CT molecular complexity index is 901. The summed E-state index contributed by atoms with van der Waals surface area (Å²) in [6.07, 6.45) is 1.56. The van der Waals surface area contributed by atoms with E-state index in [0.29, 0.717) is 16.1 Å². The van der Waals surface area contributed by atoms with Crippen molar-refractivity contribution < 1.29 is 4.79 Å². The Balaban J connectivity index is 1.96. The molecule has 0 unspecified atom stereocenters. The maximum atomic E-state index is 12.1. The second-order valence-corrected chi connectivity index (χ2v) is 5.08. The van der Waals surface area contributed by atoms with Gasteiger partial charge in [-0.15, -0.1) is 0 Å². The Morgan fingerprint density at radius 3 is 2.81 bits per heavy atom. The van der Waals surface area contributed by atoms with Crippen LogP contribution in [0.25, 0.3) is 10.9 Å². The third-order valence-electron chi connectivity index (χ3n) is 2.86. The van der Waals surface area contributed by atoms with E-state index in [1.54, 1.807) is 18.3 Å². The fraction of sp³-hybridized carbons (Fsp3) is 0. The first-order valence-electron chi connectivity index (χ1n) is 5.87. The van der Waals surface area contributed by atoms with Gasteiger partial charge in [-0.1, -0.05) is 23.2 Å². The SMILES string of the molecule is O=C(Nc1ccc2[nH]ncc2c1Cl)c1cc(=O)cc(Cl)[nH]1. The summed E-state index contributed by atoms with van der Waals surface area (Å²) in [5.74, 6) is -0.514. The molecule has 2 heterocycles. The lowest BCUT2D eigenvalue weighted by Crippen LogP contribution is -2.16. The van der Waals surface area contributed by atoms with Crippen molar-refractivity contribution in [2.45, 2.75) is 0 Å². The highest BCUT2D eigenvalue weighted by atomic mass is 35.5. The Hall–Kier alpha value is -2.31. The average molecular weight is 323 g/mol. The third-order valence-corrected chi connectivity index (χ3v) is 3.47. The third kappa shape index (κ3) is 2.63. The molecule has 2 aromatic heterocycles. The molecule has 0 atom stereocenters. The Morgan fingerprint density at radius 1 is 1.24 bits per heavy atom. The van der Waals surface area contributed by atoms with Crippen LogP contribution in [0.5, 0.6) is 0 Å². The van der Waals surface area contributed by atoms with E-state index in [1.807, 2.05) is 0 Å². The van der Waals surface area contributed by atoms with Crippen LogP contribution in [-0.2, 0) is 0 Å². The maximum Gasteiger partial charge on any atom is 0.272 e. The Labute approximate surface area is 128 Å². The maximum absolute atomic E-state index is 12.1. The molecule has 0 radical (unpaired) electrons. The molecule has 0 aliphatic heterocycles. The number of pyridine rings is 1. The van der Waals surface area contributed by atoms with Crippen molar-refractivity contribution in [1.29, 1.82) is 0 Å². The van der Waals surface area contributed by atoms with Gasteiger partial charge in [0, 0.05) is 17.5 Å². The first-order chi connectivity index (χ1) is 10.0. The predicted molar refractivity (Wildman–Crippen MR) is 81.1 cm³/mol. The van der Waals surface area contributed by atoms with Crippen LogP contribution >= 0.6 is 23.2 Å². The molecule has 3 aromatic rings. The monoisotopic (exact) mass is 322 g/mol. The molecule has 0 saturated carbocycles. The van der Waals surface area contributed by atoms with Crippen molar-refractivity contribution in [2.24, 2.45) is 0 Å². The standard InChI is InChI=1S/C13H8Cl2N4O2/c14-11-4-6(20)3-10(17-11)13(21)18-9-2-1-8-7(12(9)15)5-16-19-8/h1-5H,(H,16,19)(H,17,20)(H,18,21). The summed E-state index contributed by atoms with van der Waals surface area (Å²) in [7, 11) is 0. The van der Waals surface area contributed by atoms with Crippen molar-refractivity contribution in [3.05, 3.63) is 56.6 Å². The number of H-pyrrole nitrogens is 2. The second-order valence-electron chi connectivity index (χ2n) is 4.29. The average Bonchev–Trinajstić information content (AvgIpc) is 2.90. The second kappa shape index (κ2) is 5.23. The van der Waals surface area contributed by atoms with E-state index in [4.69, 9.17) is 23.2 Å². The van der Waals surface area contributed by atoms with Gasteiger partial charge in [0.15, 0.2) is 5.43 Å². The van der Waals surface area contributed by atoms with Gasteiger partial charge < -0.3 is 10.3 Å². The quantitative estimate of drug-likeness (QED) is 0.633. The van der Waals surface area contributed by atoms with Gasteiger partial charge in [0.25, 0.3) is 5.91 Å². The van der Waals surface area contributed by atoms with E-state index >= 15 is 0 Å². The summed E-state index contributed by atoms with van der Waals surface area (Å²) in [6.45, 7) is 0. The first-order valence-corrected chi connectivity index (χ1v) is 6.63. The molecule has 8 heteroatoms. The number of rotatable bonds is 2. The number of hydrogen-bond donors (Lipinski definition) is 3. The summed E-state index contributed by atoms with van der Waals surface area (Å²) in [5, 5.41) is 10.4. The summed E-state index contributed by atoms with van der Waals surface area (Å²) < 4.78 is 0. The zero-order valence-corrected chi connectivity index (χ0v) is 11.9. The predicted octanol–water partition coefficient (Wildman–Crippen LogP) is 2.81. The number of aromatic amines is 2. The smallest absolute Gasteiger partial charge is 0.272 e. The number of carbonyl (C=O) groups is 1. The Kier molecular flexibility index (Phi) is 3.40. The molecular weight excluding hydrogens is 315 g/mol. The van der Waals surface area contributed by atoms with E-state index < -0.39 is 5.91 Å². The van der Waals surface area contributed by atoms with E-state index in [2.05, 4.69) is 20.5 Å². The molecule has 3 rings (SSSR count). The van der Waals surface area contributed by atoms with Crippen LogP contribution in [0, 0.1) is 0 Å². The number of amides is 1. The number of halogens is 2. The van der Waals surface area contributed by atoms with Crippen molar-refractivity contribution in [3.63, 3.8) is 0 Å². The first kappa shape index (κ1) is 13.7. The number of fused-ring (bicyclic) bond motifs is 1. The lowest BCUT2D eigenvalue weighted by atomic mass is 10.2. The molecule has 0 fully saturated rings. The molecule has 0 aliphatic carbocycles. The summed E-state index contributed by atoms with van der Waals surface area (Å²) >= 11 is 11.9. The number of nitrogens with one attached hydrogen (secondary N) is 3. The van der Waals surface area contributed by atoms with Crippen LogP contribution in [0.2, 0.25) is 10.2 Å². The normalized spacial score (nSPS) is 10.8. The molecule has 0 bridgehead atoms. The van der Waals surface area contributed by atoms with Crippen LogP contribution in [-0.4, -0.2) is 21.1 Å². The molecule has 1 aromatic carbocycles. The molecule has 6 nitrogen and oxygen atoms in total. The molecule has 3 N–H and O–H groups in total. The highest BCUT2D eigenvalue weighted by molar-refractivity contribution is 6.38.